The summed E-state index contributed by atoms with van der Waals surface area (Å²) in [6.45, 7) is 10.7. The maximum atomic E-state index is 11.9. The van der Waals surface area contributed by atoms with E-state index in [-0.39, 0.29) is 16.9 Å². The zero-order valence-electron chi connectivity index (χ0n) is 10.8. The van der Waals surface area contributed by atoms with Gasteiger partial charge in [-0.2, -0.15) is 0 Å². The molecule has 1 rings (SSSR count). The molecule has 1 N–H and O–H groups in total. The summed E-state index contributed by atoms with van der Waals surface area (Å²) in [7, 11) is 0. The molecule has 0 saturated carbocycles. The highest BCUT2D eigenvalue weighted by molar-refractivity contribution is 7.12. The van der Waals surface area contributed by atoms with Crippen LogP contribution in [0.5, 0.6) is 0 Å². The van der Waals surface area contributed by atoms with E-state index in [1.54, 1.807) is 0 Å². The third-order valence-corrected chi connectivity index (χ3v) is 3.04. The number of carbonyl (C=O) groups excluding carboxylic acids is 1. The van der Waals surface area contributed by atoms with Gasteiger partial charge in [0.05, 0.1) is 4.88 Å². The molecule has 3 heteroatoms. The van der Waals surface area contributed by atoms with Crippen molar-refractivity contribution < 1.29 is 4.79 Å². The molecule has 0 atom stereocenters. The van der Waals surface area contributed by atoms with Crippen molar-refractivity contribution >= 4 is 17.2 Å². The number of rotatable bonds is 3. The van der Waals surface area contributed by atoms with Crippen molar-refractivity contribution in [3.63, 3.8) is 0 Å². The molecule has 1 aromatic rings. The van der Waals surface area contributed by atoms with Gasteiger partial charge in [0.2, 0.25) is 0 Å². The second kappa shape index (κ2) is 4.58. The van der Waals surface area contributed by atoms with E-state index >= 15 is 0 Å². The first-order valence-electron chi connectivity index (χ1n) is 5.56. The standard InChI is InChI=1S/C13H21NOS/c1-12(2,3)9-13(4,5)14-11(15)10-7-6-8-16-10/h6-8H,9H2,1-5H3,(H,14,15). The fourth-order valence-electron chi connectivity index (χ4n) is 2.15. The van der Waals surface area contributed by atoms with Crippen LogP contribution in [-0.2, 0) is 0 Å². The largest absolute Gasteiger partial charge is 0.346 e. The Morgan fingerprint density at radius 3 is 2.38 bits per heavy atom. The van der Waals surface area contributed by atoms with Gasteiger partial charge in [0, 0.05) is 5.54 Å². The van der Waals surface area contributed by atoms with Crippen molar-refractivity contribution in [1.29, 1.82) is 0 Å². The number of carbonyl (C=O) groups is 1. The SMILES string of the molecule is CC(C)(C)CC(C)(C)NC(=O)c1cccs1. The summed E-state index contributed by atoms with van der Waals surface area (Å²) in [6, 6.07) is 3.75. The molecule has 1 aromatic heterocycles. The van der Waals surface area contributed by atoms with Crippen molar-refractivity contribution in [2.75, 3.05) is 0 Å². The van der Waals surface area contributed by atoms with Gasteiger partial charge in [-0.25, -0.2) is 0 Å². The topological polar surface area (TPSA) is 29.1 Å². The van der Waals surface area contributed by atoms with Crippen LogP contribution in [0.2, 0.25) is 0 Å². The number of hydrogen-bond acceptors (Lipinski definition) is 2. The van der Waals surface area contributed by atoms with Crippen LogP contribution in [-0.4, -0.2) is 11.4 Å². The molecule has 16 heavy (non-hydrogen) atoms. The molecule has 0 unspecified atom stereocenters. The molecule has 0 fully saturated rings. The predicted octanol–water partition coefficient (Wildman–Crippen LogP) is 3.69. The molecule has 1 amide bonds. The molecule has 0 aliphatic carbocycles. The molecule has 2 nitrogen and oxygen atoms in total. The van der Waals surface area contributed by atoms with Crippen LogP contribution in [0, 0.1) is 5.41 Å². The Kier molecular flexibility index (Phi) is 3.79. The summed E-state index contributed by atoms with van der Waals surface area (Å²) in [5.74, 6) is 0.0317. The van der Waals surface area contributed by atoms with Crippen LogP contribution in [0.1, 0.15) is 50.7 Å². The van der Waals surface area contributed by atoms with Crippen LogP contribution in [0.15, 0.2) is 17.5 Å². The summed E-state index contributed by atoms with van der Waals surface area (Å²) in [6.07, 6.45) is 0.955. The molecule has 0 aliphatic rings. The summed E-state index contributed by atoms with van der Waals surface area (Å²) < 4.78 is 0. The second-order valence-electron chi connectivity index (χ2n) is 6.05. The van der Waals surface area contributed by atoms with Gasteiger partial charge in [-0.15, -0.1) is 11.3 Å². The van der Waals surface area contributed by atoms with Gasteiger partial charge in [0.15, 0.2) is 0 Å². The molecular weight excluding hydrogens is 218 g/mol. The van der Waals surface area contributed by atoms with Gasteiger partial charge in [0.1, 0.15) is 0 Å². The smallest absolute Gasteiger partial charge is 0.261 e. The maximum absolute atomic E-state index is 11.9. The minimum atomic E-state index is -0.167. The van der Waals surface area contributed by atoms with Crippen LogP contribution >= 0.6 is 11.3 Å². The fourth-order valence-corrected chi connectivity index (χ4v) is 2.77. The predicted molar refractivity (Wildman–Crippen MR) is 69.9 cm³/mol. The number of amides is 1. The first-order chi connectivity index (χ1) is 7.20. The van der Waals surface area contributed by atoms with Crippen molar-refractivity contribution in [3.8, 4) is 0 Å². The zero-order chi connectivity index (χ0) is 12.4. The van der Waals surface area contributed by atoms with Gasteiger partial charge < -0.3 is 5.32 Å². The lowest BCUT2D eigenvalue weighted by Crippen LogP contribution is -2.45. The molecule has 1 heterocycles. The Hall–Kier alpha value is -0.830. The van der Waals surface area contributed by atoms with Crippen molar-refractivity contribution in [2.24, 2.45) is 5.41 Å². The molecular formula is C13H21NOS. The van der Waals surface area contributed by atoms with E-state index in [4.69, 9.17) is 0 Å². The van der Waals surface area contributed by atoms with E-state index in [1.165, 1.54) is 11.3 Å². The zero-order valence-corrected chi connectivity index (χ0v) is 11.6. The summed E-state index contributed by atoms with van der Waals surface area (Å²) in [5.41, 5.74) is 0.0472. The highest BCUT2D eigenvalue weighted by atomic mass is 32.1. The van der Waals surface area contributed by atoms with Crippen molar-refractivity contribution in [3.05, 3.63) is 22.4 Å². The van der Waals surface area contributed by atoms with Gasteiger partial charge in [-0.3, -0.25) is 4.79 Å². The van der Waals surface area contributed by atoms with Gasteiger partial charge in [-0.05, 0) is 37.1 Å². The fraction of sp³-hybridized carbons (Fsp3) is 0.615. The molecule has 90 valence electrons. The highest BCUT2D eigenvalue weighted by Gasteiger charge is 2.27. The minimum absolute atomic E-state index is 0.0317. The van der Waals surface area contributed by atoms with E-state index in [0.29, 0.717) is 0 Å². The number of nitrogens with one attached hydrogen (secondary N) is 1. The number of hydrogen-bond donors (Lipinski definition) is 1. The van der Waals surface area contributed by atoms with E-state index in [2.05, 4.69) is 39.9 Å². The lowest BCUT2D eigenvalue weighted by Gasteiger charge is -2.33. The van der Waals surface area contributed by atoms with E-state index in [1.807, 2.05) is 17.5 Å². The normalized spacial score (nSPS) is 12.6. The third kappa shape index (κ3) is 4.35. The Morgan fingerprint density at radius 2 is 1.94 bits per heavy atom. The van der Waals surface area contributed by atoms with Crippen LogP contribution in [0.25, 0.3) is 0 Å². The molecule has 0 bridgehead atoms. The maximum Gasteiger partial charge on any atom is 0.261 e. The lowest BCUT2D eigenvalue weighted by molar-refractivity contribution is 0.0895. The quantitative estimate of drug-likeness (QED) is 0.856. The van der Waals surface area contributed by atoms with Gasteiger partial charge >= 0.3 is 0 Å². The van der Waals surface area contributed by atoms with Crippen LogP contribution in [0.4, 0.5) is 0 Å². The average Bonchev–Trinajstić information content (AvgIpc) is 2.48. The monoisotopic (exact) mass is 239 g/mol. The first-order valence-corrected chi connectivity index (χ1v) is 6.44. The average molecular weight is 239 g/mol. The number of thiophene rings is 1. The van der Waals surface area contributed by atoms with Gasteiger partial charge in [0.25, 0.3) is 5.91 Å². The Bertz CT molecular complexity index is 347. The molecule has 0 spiro atoms. The molecule has 0 aliphatic heterocycles. The molecule has 0 aromatic carbocycles. The van der Waals surface area contributed by atoms with E-state index < -0.39 is 0 Å². The Labute approximate surface area is 102 Å². The second-order valence-corrected chi connectivity index (χ2v) is 7.00. The lowest BCUT2D eigenvalue weighted by atomic mass is 9.82. The van der Waals surface area contributed by atoms with E-state index in [0.717, 1.165) is 11.3 Å². The highest BCUT2D eigenvalue weighted by Crippen LogP contribution is 2.27. The van der Waals surface area contributed by atoms with Crippen LogP contribution in [0.3, 0.4) is 0 Å². The van der Waals surface area contributed by atoms with E-state index in [9.17, 15) is 4.79 Å². The minimum Gasteiger partial charge on any atom is -0.346 e. The van der Waals surface area contributed by atoms with Crippen LogP contribution < -0.4 is 5.32 Å². The summed E-state index contributed by atoms with van der Waals surface area (Å²) >= 11 is 1.48. The van der Waals surface area contributed by atoms with Gasteiger partial charge in [-0.1, -0.05) is 26.8 Å². The van der Waals surface area contributed by atoms with Crippen molar-refractivity contribution in [2.45, 2.75) is 46.6 Å². The Balaban J connectivity index is 2.63. The molecule has 0 saturated heterocycles. The summed E-state index contributed by atoms with van der Waals surface area (Å²) in [5, 5.41) is 5.01. The third-order valence-electron chi connectivity index (χ3n) is 2.17. The summed E-state index contributed by atoms with van der Waals surface area (Å²) in [4.78, 5) is 12.7. The Morgan fingerprint density at radius 1 is 1.31 bits per heavy atom. The first kappa shape index (κ1) is 13.2. The molecule has 0 radical (unpaired) electrons. The van der Waals surface area contributed by atoms with Crippen molar-refractivity contribution in [1.82, 2.24) is 5.32 Å².